The van der Waals surface area contributed by atoms with Crippen molar-refractivity contribution in [1.82, 2.24) is 9.97 Å². The summed E-state index contributed by atoms with van der Waals surface area (Å²) < 4.78 is 5.67. The summed E-state index contributed by atoms with van der Waals surface area (Å²) in [6.45, 7) is 5.73. The van der Waals surface area contributed by atoms with Crippen molar-refractivity contribution in [3.63, 3.8) is 0 Å². The van der Waals surface area contributed by atoms with Crippen LogP contribution in [-0.4, -0.2) is 23.1 Å². The topological polar surface area (TPSA) is 47.0 Å². The summed E-state index contributed by atoms with van der Waals surface area (Å²) >= 11 is 0. The molecule has 4 nitrogen and oxygen atoms in total. The third-order valence-electron chi connectivity index (χ3n) is 2.84. The predicted octanol–water partition coefficient (Wildman–Crippen LogP) is 2.79. The minimum Gasteiger partial charge on any atom is -0.478 e. The molecule has 94 valence electrons. The lowest BCUT2D eigenvalue weighted by atomic mass is 10.3. The van der Waals surface area contributed by atoms with Gasteiger partial charge in [0.2, 0.25) is 5.88 Å². The molecule has 1 N–H and O–H groups in total. The van der Waals surface area contributed by atoms with Crippen molar-refractivity contribution in [3.8, 4) is 5.88 Å². The van der Waals surface area contributed by atoms with Crippen molar-refractivity contribution < 1.29 is 4.74 Å². The Morgan fingerprint density at radius 1 is 1.41 bits per heavy atom. The van der Waals surface area contributed by atoms with Crippen LogP contribution < -0.4 is 10.1 Å². The van der Waals surface area contributed by atoms with Crippen LogP contribution in [0.15, 0.2) is 6.07 Å². The second kappa shape index (κ2) is 5.84. The monoisotopic (exact) mass is 235 g/mol. The Kier molecular flexibility index (Phi) is 4.18. The third kappa shape index (κ3) is 4.21. The molecule has 0 spiro atoms. The molecule has 0 amide bonds. The number of rotatable bonds is 7. The lowest BCUT2D eigenvalue weighted by Gasteiger charge is -2.08. The molecule has 0 aromatic carbocycles. The SMILES string of the molecule is CCCNc1cc(OCCC2CC2)nc(C)n1. The highest BCUT2D eigenvalue weighted by Gasteiger charge is 2.20. The van der Waals surface area contributed by atoms with E-state index in [2.05, 4.69) is 22.2 Å². The summed E-state index contributed by atoms with van der Waals surface area (Å²) in [4.78, 5) is 8.61. The van der Waals surface area contributed by atoms with E-state index in [4.69, 9.17) is 4.74 Å². The van der Waals surface area contributed by atoms with Gasteiger partial charge in [-0.3, -0.25) is 0 Å². The van der Waals surface area contributed by atoms with Gasteiger partial charge in [0.25, 0.3) is 0 Å². The van der Waals surface area contributed by atoms with Gasteiger partial charge in [0.1, 0.15) is 11.6 Å². The molecular formula is C13H21N3O. The van der Waals surface area contributed by atoms with Crippen molar-refractivity contribution in [2.75, 3.05) is 18.5 Å². The van der Waals surface area contributed by atoms with E-state index in [1.807, 2.05) is 13.0 Å². The number of ether oxygens (including phenoxy) is 1. The van der Waals surface area contributed by atoms with Crippen LogP contribution in [0.5, 0.6) is 5.88 Å². The molecule has 0 unspecified atom stereocenters. The number of nitrogens with one attached hydrogen (secondary N) is 1. The molecular weight excluding hydrogens is 214 g/mol. The van der Waals surface area contributed by atoms with Crippen LogP contribution in [0.1, 0.15) is 38.4 Å². The number of hydrogen-bond acceptors (Lipinski definition) is 4. The Hall–Kier alpha value is -1.32. The number of nitrogens with zero attached hydrogens (tertiary/aromatic N) is 2. The lowest BCUT2D eigenvalue weighted by Crippen LogP contribution is -2.06. The maximum Gasteiger partial charge on any atom is 0.218 e. The van der Waals surface area contributed by atoms with Gasteiger partial charge in [0.15, 0.2) is 0 Å². The average molecular weight is 235 g/mol. The lowest BCUT2D eigenvalue weighted by molar-refractivity contribution is 0.290. The van der Waals surface area contributed by atoms with Gasteiger partial charge in [0, 0.05) is 12.6 Å². The standard InChI is InChI=1S/C13H21N3O/c1-3-7-14-12-9-13(16-10(2)15-12)17-8-6-11-4-5-11/h9,11H,3-8H2,1-2H3,(H,14,15,16). The van der Waals surface area contributed by atoms with Gasteiger partial charge in [-0.05, 0) is 25.7 Å². The molecule has 0 aliphatic heterocycles. The van der Waals surface area contributed by atoms with E-state index >= 15 is 0 Å². The van der Waals surface area contributed by atoms with Crippen LogP contribution in [-0.2, 0) is 0 Å². The Bertz CT molecular complexity index is 364. The van der Waals surface area contributed by atoms with Crippen molar-refractivity contribution >= 4 is 5.82 Å². The third-order valence-corrected chi connectivity index (χ3v) is 2.84. The summed E-state index contributed by atoms with van der Waals surface area (Å²) in [6, 6.07) is 1.88. The Morgan fingerprint density at radius 2 is 2.24 bits per heavy atom. The smallest absolute Gasteiger partial charge is 0.218 e. The highest BCUT2D eigenvalue weighted by Crippen LogP contribution is 2.32. The molecule has 1 fully saturated rings. The zero-order chi connectivity index (χ0) is 12.1. The van der Waals surface area contributed by atoms with Gasteiger partial charge in [-0.1, -0.05) is 19.8 Å². The summed E-state index contributed by atoms with van der Waals surface area (Å²) in [6.07, 6.45) is 4.98. The zero-order valence-electron chi connectivity index (χ0n) is 10.7. The molecule has 1 saturated carbocycles. The van der Waals surface area contributed by atoms with E-state index in [9.17, 15) is 0 Å². The Balaban J connectivity index is 1.87. The molecule has 1 aromatic rings. The quantitative estimate of drug-likeness (QED) is 0.789. The number of hydrogen-bond donors (Lipinski definition) is 1. The second-order valence-corrected chi connectivity index (χ2v) is 4.65. The van der Waals surface area contributed by atoms with Crippen LogP contribution in [0.25, 0.3) is 0 Å². The van der Waals surface area contributed by atoms with Gasteiger partial charge in [-0.15, -0.1) is 0 Å². The maximum atomic E-state index is 5.67. The van der Waals surface area contributed by atoms with Crippen LogP contribution in [0.4, 0.5) is 5.82 Å². The van der Waals surface area contributed by atoms with E-state index in [0.717, 1.165) is 43.6 Å². The Morgan fingerprint density at radius 3 is 2.94 bits per heavy atom. The predicted molar refractivity (Wildman–Crippen MR) is 68.4 cm³/mol. The largest absolute Gasteiger partial charge is 0.478 e. The molecule has 1 heterocycles. The van der Waals surface area contributed by atoms with Gasteiger partial charge >= 0.3 is 0 Å². The molecule has 17 heavy (non-hydrogen) atoms. The first-order chi connectivity index (χ1) is 8.28. The normalized spacial score (nSPS) is 14.7. The molecule has 0 radical (unpaired) electrons. The van der Waals surface area contributed by atoms with Crippen molar-refractivity contribution in [1.29, 1.82) is 0 Å². The van der Waals surface area contributed by atoms with Crippen molar-refractivity contribution in [2.45, 2.75) is 39.5 Å². The number of aromatic nitrogens is 2. The van der Waals surface area contributed by atoms with Crippen LogP contribution in [0.2, 0.25) is 0 Å². The fraction of sp³-hybridized carbons (Fsp3) is 0.692. The molecule has 0 saturated heterocycles. The van der Waals surface area contributed by atoms with Gasteiger partial charge in [0.05, 0.1) is 6.61 Å². The van der Waals surface area contributed by atoms with E-state index in [0.29, 0.717) is 5.88 Å². The summed E-state index contributed by atoms with van der Waals surface area (Å²) in [5, 5.41) is 3.26. The number of aryl methyl sites for hydroxylation is 1. The molecule has 1 aromatic heterocycles. The first-order valence-electron chi connectivity index (χ1n) is 6.50. The molecule has 0 atom stereocenters. The molecule has 0 bridgehead atoms. The van der Waals surface area contributed by atoms with Crippen LogP contribution in [0.3, 0.4) is 0 Å². The van der Waals surface area contributed by atoms with Gasteiger partial charge < -0.3 is 10.1 Å². The minimum atomic E-state index is 0.691. The second-order valence-electron chi connectivity index (χ2n) is 4.65. The Labute approximate surface area is 103 Å². The summed E-state index contributed by atoms with van der Waals surface area (Å²) in [5.74, 6) is 3.21. The van der Waals surface area contributed by atoms with Crippen LogP contribution >= 0.6 is 0 Å². The first-order valence-corrected chi connectivity index (χ1v) is 6.50. The highest BCUT2D eigenvalue weighted by molar-refractivity contribution is 5.38. The minimum absolute atomic E-state index is 0.691. The fourth-order valence-electron chi connectivity index (χ4n) is 1.69. The van der Waals surface area contributed by atoms with Gasteiger partial charge in [-0.25, -0.2) is 4.98 Å². The van der Waals surface area contributed by atoms with Crippen LogP contribution in [0, 0.1) is 12.8 Å². The molecule has 1 aliphatic rings. The number of anilines is 1. The maximum absolute atomic E-state index is 5.67. The average Bonchev–Trinajstić information content (AvgIpc) is 3.10. The van der Waals surface area contributed by atoms with Gasteiger partial charge in [-0.2, -0.15) is 4.98 Å². The highest BCUT2D eigenvalue weighted by atomic mass is 16.5. The molecule has 2 rings (SSSR count). The zero-order valence-corrected chi connectivity index (χ0v) is 10.7. The summed E-state index contributed by atoms with van der Waals surface area (Å²) in [7, 11) is 0. The first kappa shape index (κ1) is 12.1. The van der Waals surface area contributed by atoms with E-state index in [-0.39, 0.29) is 0 Å². The van der Waals surface area contributed by atoms with E-state index in [1.54, 1.807) is 0 Å². The van der Waals surface area contributed by atoms with E-state index in [1.165, 1.54) is 12.8 Å². The molecule has 1 aliphatic carbocycles. The fourth-order valence-corrected chi connectivity index (χ4v) is 1.69. The van der Waals surface area contributed by atoms with Crippen molar-refractivity contribution in [2.24, 2.45) is 5.92 Å². The van der Waals surface area contributed by atoms with Crippen molar-refractivity contribution in [3.05, 3.63) is 11.9 Å². The van der Waals surface area contributed by atoms with E-state index < -0.39 is 0 Å². The summed E-state index contributed by atoms with van der Waals surface area (Å²) in [5.41, 5.74) is 0. The molecule has 4 heteroatoms.